The zero-order valence-electron chi connectivity index (χ0n) is 12.7. The fourth-order valence-corrected chi connectivity index (χ4v) is 2.65. The average Bonchev–Trinajstić information content (AvgIpc) is 2.57. The van der Waals surface area contributed by atoms with Crippen molar-refractivity contribution in [3.8, 4) is 17.6 Å². The third kappa shape index (κ3) is 4.24. The predicted molar refractivity (Wildman–Crippen MR) is 88.0 cm³/mol. The number of phenolic OH excluding ortho intramolecular Hbond substituents is 1. The van der Waals surface area contributed by atoms with Gasteiger partial charge in [0.2, 0.25) is 0 Å². The topological polar surface area (TPSA) is 82.8 Å². The maximum absolute atomic E-state index is 12.4. The fraction of sp³-hybridized carbons (Fsp3) is 0.375. The van der Waals surface area contributed by atoms with Crippen molar-refractivity contribution < 1.29 is 19.4 Å². The van der Waals surface area contributed by atoms with E-state index in [2.05, 4.69) is 15.9 Å². The van der Waals surface area contributed by atoms with Crippen molar-refractivity contribution in [1.82, 2.24) is 4.90 Å². The summed E-state index contributed by atoms with van der Waals surface area (Å²) in [7, 11) is 0. The molecule has 0 bridgehead atoms. The number of ether oxygens (including phenoxy) is 2. The van der Waals surface area contributed by atoms with Gasteiger partial charge in [-0.3, -0.25) is 4.79 Å². The highest BCUT2D eigenvalue weighted by atomic mass is 79.9. The maximum Gasteiger partial charge on any atom is 0.264 e. The van der Waals surface area contributed by atoms with Crippen LogP contribution in [-0.4, -0.2) is 48.8 Å². The van der Waals surface area contributed by atoms with E-state index in [1.54, 1.807) is 24.0 Å². The van der Waals surface area contributed by atoms with Crippen LogP contribution in [0.3, 0.4) is 0 Å². The summed E-state index contributed by atoms with van der Waals surface area (Å²) in [5.74, 6) is -0.0378. The second-order valence-corrected chi connectivity index (χ2v) is 5.71. The molecule has 1 aromatic rings. The Morgan fingerprint density at radius 3 is 2.83 bits per heavy atom. The lowest BCUT2D eigenvalue weighted by molar-refractivity contribution is -0.130. The van der Waals surface area contributed by atoms with Crippen LogP contribution in [0.2, 0.25) is 0 Å². The van der Waals surface area contributed by atoms with Crippen LogP contribution >= 0.6 is 15.9 Å². The molecule has 0 saturated carbocycles. The predicted octanol–water partition coefficient (Wildman–Crippen LogP) is 2.32. The summed E-state index contributed by atoms with van der Waals surface area (Å²) in [5.41, 5.74) is 0.628. The molecule has 122 valence electrons. The molecular weight excluding hydrogens is 364 g/mol. The van der Waals surface area contributed by atoms with Crippen molar-refractivity contribution in [2.24, 2.45) is 0 Å². The molecule has 2 rings (SSSR count). The van der Waals surface area contributed by atoms with Crippen molar-refractivity contribution in [2.75, 3.05) is 32.9 Å². The number of hydrogen-bond donors (Lipinski definition) is 1. The van der Waals surface area contributed by atoms with E-state index >= 15 is 0 Å². The normalized spacial score (nSPS) is 15.2. The molecule has 0 spiro atoms. The Labute approximate surface area is 143 Å². The van der Waals surface area contributed by atoms with E-state index in [9.17, 15) is 15.2 Å². The number of rotatable bonds is 4. The first-order valence-electron chi connectivity index (χ1n) is 7.21. The number of halogens is 1. The van der Waals surface area contributed by atoms with E-state index in [4.69, 9.17) is 9.47 Å². The maximum atomic E-state index is 12.4. The monoisotopic (exact) mass is 380 g/mol. The second kappa shape index (κ2) is 7.99. The molecule has 1 aromatic carbocycles. The van der Waals surface area contributed by atoms with E-state index < -0.39 is 0 Å². The van der Waals surface area contributed by atoms with E-state index in [0.717, 1.165) is 0 Å². The number of aromatic hydroxyl groups is 1. The molecule has 7 heteroatoms. The van der Waals surface area contributed by atoms with Gasteiger partial charge in [-0.15, -0.1) is 0 Å². The summed E-state index contributed by atoms with van der Waals surface area (Å²) in [6, 6.07) is 5.16. The Bertz CT molecular complexity index is 661. The minimum absolute atomic E-state index is 0.0120. The standard InChI is InChI=1S/C16H17BrN2O4/c1-2-23-14-9-11(8-13(17)15(14)20)7-12(10-18)16(21)19-3-5-22-6-4-19/h7-9,20H,2-6H2,1H3/b12-7+. The largest absolute Gasteiger partial charge is 0.503 e. The van der Waals surface area contributed by atoms with Crippen LogP contribution in [0.15, 0.2) is 22.2 Å². The summed E-state index contributed by atoms with van der Waals surface area (Å²) >= 11 is 3.24. The molecule has 0 unspecified atom stereocenters. The highest BCUT2D eigenvalue weighted by Gasteiger charge is 2.21. The Balaban J connectivity index is 2.30. The van der Waals surface area contributed by atoms with Crippen LogP contribution in [-0.2, 0) is 9.53 Å². The van der Waals surface area contributed by atoms with Gasteiger partial charge in [0.1, 0.15) is 11.6 Å². The lowest BCUT2D eigenvalue weighted by Crippen LogP contribution is -2.41. The van der Waals surface area contributed by atoms with Crippen LogP contribution in [0, 0.1) is 11.3 Å². The van der Waals surface area contributed by atoms with Crippen molar-refractivity contribution in [3.63, 3.8) is 0 Å². The lowest BCUT2D eigenvalue weighted by Gasteiger charge is -2.26. The van der Waals surface area contributed by atoms with Gasteiger partial charge in [-0.2, -0.15) is 5.26 Å². The first-order chi connectivity index (χ1) is 11.1. The first-order valence-corrected chi connectivity index (χ1v) is 8.00. The molecule has 23 heavy (non-hydrogen) atoms. The molecule has 1 amide bonds. The lowest BCUT2D eigenvalue weighted by atomic mass is 10.1. The van der Waals surface area contributed by atoms with E-state index in [1.807, 2.05) is 6.07 Å². The molecule has 1 N–H and O–H groups in total. The van der Waals surface area contributed by atoms with Crippen molar-refractivity contribution in [3.05, 3.63) is 27.7 Å². The smallest absolute Gasteiger partial charge is 0.264 e. The summed E-state index contributed by atoms with van der Waals surface area (Å²) in [6.45, 7) is 4.10. The quantitative estimate of drug-likeness (QED) is 0.640. The Kier molecular flexibility index (Phi) is 6.02. The van der Waals surface area contributed by atoms with Gasteiger partial charge in [-0.25, -0.2) is 0 Å². The van der Waals surface area contributed by atoms with E-state index in [0.29, 0.717) is 48.7 Å². The number of hydrogen-bond acceptors (Lipinski definition) is 5. The van der Waals surface area contributed by atoms with Crippen LogP contribution in [0.4, 0.5) is 0 Å². The fourth-order valence-electron chi connectivity index (χ4n) is 2.19. The number of carbonyl (C=O) groups excluding carboxylic acids is 1. The molecule has 0 aliphatic carbocycles. The molecule has 6 nitrogen and oxygen atoms in total. The Hall–Kier alpha value is -2.04. The van der Waals surface area contributed by atoms with Gasteiger partial charge in [0.25, 0.3) is 5.91 Å². The van der Waals surface area contributed by atoms with Crippen LogP contribution in [0.5, 0.6) is 11.5 Å². The minimum Gasteiger partial charge on any atom is -0.503 e. The van der Waals surface area contributed by atoms with Crippen LogP contribution in [0.1, 0.15) is 12.5 Å². The van der Waals surface area contributed by atoms with Gasteiger partial charge >= 0.3 is 0 Å². The highest BCUT2D eigenvalue weighted by molar-refractivity contribution is 9.10. The number of amides is 1. The molecule has 1 aliphatic rings. The third-order valence-corrected chi connectivity index (χ3v) is 3.92. The molecule has 1 saturated heterocycles. The molecule has 0 aromatic heterocycles. The number of nitriles is 1. The number of nitrogens with zero attached hydrogens (tertiary/aromatic N) is 2. The van der Waals surface area contributed by atoms with Crippen LogP contribution in [0.25, 0.3) is 6.08 Å². The van der Waals surface area contributed by atoms with Crippen molar-refractivity contribution >= 4 is 27.9 Å². The van der Waals surface area contributed by atoms with E-state index in [-0.39, 0.29) is 17.2 Å². The van der Waals surface area contributed by atoms with Crippen molar-refractivity contribution in [1.29, 1.82) is 5.26 Å². The summed E-state index contributed by atoms with van der Waals surface area (Å²) in [4.78, 5) is 14.0. The number of phenols is 1. The third-order valence-electron chi connectivity index (χ3n) is 3.31. The molecule has 1 fully saturated rings. The zero-order valence-corrected chi connectivity index (χ0v) is 14.3. The number of benzene rings is 1. The van der Waals surface area contributed by atoms with Gasteiger partial charge in [0.15, 0.2) is 11.5 Å². The van der Waals surface area contributed by atoms with E-state index in [1.165, 1.54) is 6.08 Å². The Morgan fingerprint density at radius 2 is 2.22 bits per heavy atom. The first kappa shape index (κ1) is 17.3. The minimum atomic E-state index is -0.321. The van der Waals surface area contributed by atoms with Crippen molar-refractivity contribution in [2.45, 2.75) is 6.92 Å². The summed E-state index contributed by atoms with van der Waals surface area (Å²) < 4.78 is 11.0. The SMILES string of the molecule is CCOc1cc(/C=C(\C#N)C(=O)N2CCOCC2)cc(Br)c1O. The second-order valence-electron chi connectivity index (χ2n) is 4.86. The van der Waals surface area contributed by atoms with Gasteiger partial charge in [-0.05, 0) is 46.6 Å². The molecule has 1 heterocycles. The van der Waals surface area contributed by atoms with Gasteiger partial charge in [0, 0.05) is 13.1 Å². The van der Waals surface area contributed by atoms with Gasteiger partial charge < -0.3 is 19.5 Å². The number of morpholine rings is 1. The summed E-state index contributed by atoms with van der Waals surface area (Å²) in [6.07, 6.45) is 1.49. The average molecular weight is 381 g/mol. The molecule has 0 atom stereocenters. The zero-order chi connectivity index (χ0) is 16.8. The summed E-state index contributed by atoms with van der Waals surface area (Å²) in [5, 5.41) is 19.2. The van der Waals surface area contributed by atoms with Crippen LogP contribution < -0.4 is 4.74 Å². The molecular formula is C16H17BrN2O4. The molecule has 1 aliphatic heterocycles. The van der Waals surface area contributed by atoms with Gasteiger partial charge in [0.05, 0.1) is 24.3 Å². The molecule has 0 radical (unpaired) electrons. The number of carbonyl (C=O) groups is 1. The Morgan fingerprint density at radius 1 is 1.52 bits per heavy atom. The van der Waals surface area contributed by atoms with Gasteiger partial charge in [-0.1, -0.05) is 0 Å². The highest BCUT2D eigenvalue weighted by Crippen LogP contribution is 2.36.